The predicted molar refractivity (Wildman–Crippen MR) is 122 cm³/mol. The minimum atomic E-state index is -0.401. The smallest absolute Gasteiger partial charge is 0.407 e. The Morgan fingerprint density at radius 3 is 1.72 bits per heavy atom. The van der Waals surface area contributed by atoms with Gasteiger partial charge in [0.05, 0.1) is 12.7 Å². The standard InChI is InChI=1S/C24H47N3O2/c1-2-3-4-5-6-7-8-9-10-11-12-13-14-15-16-17-20-27-24(28)29-22-23(21-26)18-19-25/h23H,2-18,20-22,26H2,1H3,(H,27,28). The second-order valence-corrected chi connectivity index (χ2v) is 8.29. The zero-order valence-electron chi connectivity index (χ0n) is 19.1. The number of rotatable bonds is 21. The fourth-order valence-electron chi connectivity index (χ4n) is 3.45. The summed E-state index contributed by atoms with van der Waals surface area (Å²) in [6, 6.07) is 2.05. The number of carbonyl (C=O) groups excluding carboxylic acids is 1. The molecule has 0 aliphatic heterocycles. The molecule has 0 heterocycles. The van der Waals surface area contributed by atoms with E-state index in [1.165, 1.54) is 89.9 Å². The Balaban J connectivity index is 3.22. The molecule has 0 aromatic rings. The first-order valence-corrected chi connectivity index (χ1v) is 12.2. The molecule has 0 radical (unpaired) electrons. The highest BCUT2D eigenvalue weighted by atomic mass is 16.5. The monoisotopic (exact) mass is 409 g/mol. The Hall–Kier alpha value is -1.28. The molecule has 0 spiro atoms. The van der Waals surface area contributed by atoms with Crippen LogP contribution in [0.25, 0.3) is 0 Å². The highest BCUT2D eigenvalue weighted by Gasteiger charge is 2.09. The number of hydrogen-bond donors (Lipinski definition) is 2. The molecule has 5 heteroatoms. The fourth-order valence-corrected chi connectivity index (χ4v) is 3.45. The first-order valence-electron chi connectivity index (χ1n) is 12.2. The number of ether oxygens (including phenoxy) is 1. The molecule has 0 rings (SSSR count). The second kappa shape index (κ2) is 23.0. The summed E-state index contributed by atoms with van der Waals surface area (Å²) in [5.41, 5.74) is 5.53. The molecule has 0 saturated carbocycles. The number of amides is 1. The zero-order valence-corrected chi connectivity index (χ0v) is 19.1. The maximum Gasteiger partial charge on any atom is 0.407 e. The van der Waals surface area contributed by atoms with Gasteiger partial charge in [-0.25, -0.2) is 4.79 Å². The molecule has 0 aromatic carbocycles. The lowest BCUT2D eigenvalue weighted by atomic mass is 10.0. The van der Waals surface area contributed by atoms with E-state index in [-0.39, 0.29) is 12.5 Å². The minimum Gasteiger partial charge on any atom is -0.449 e. The molecule has 170 valence electrons. The number of carbonyl (C=O) groups is 1. The van der Waals surface area contributed by atoms with Crippen molar-refractivity contribution in [2.45, 2.75) is 116 Å². The zero-order chi connectivity index (χ0) is 21.4. The van der Waals surface area contributed by atoms with E-state index in [1.807, 2.05) is 0 Å². The lowest BCUT2D eigenvalue weighted by Crippen LogP contribution is -2.29. The third-order valence-corrected chi connectivity index (χ3v) is 5.46. The van der Waals surface area contributed by atoms with Gasteiger partial charge in [-0.05, 0) is 13.0 Å². The topological polar surface area (TPSA) is 88.1 Å². The molecule has 5 nitrogen and oxygen atoms in total. The van der Waals surface area contributed by atoms with Crippen LogP contribution < -0.4 is 11.1 Å². The molecule has 1 atom stereocenters. The molecule has 1 amide bonds. The minimum absolute atomic E-state index is 0.0682. The summed E-state index contributed by atoms with van der Waals surface area (Å²) in [6.07, 6.45) is 21.4. The van der Waals surface area contributed by atoms with Gasteiger partial charge in [-0.15, -0.1) is 0 Å². The molecular formula is C24H47N3O2. The SMILES string of the molecule is CCCCCCCCCCCCCCCCCCNC(=O)OCC(CN)CC#N. The van der Waals surface area contributed by atoms with Crippen LogP contribution in [0.1, 0.15) is 116 Å². The fraction of sp³-hybridized carbons (Fsp3) is 0.917. The molecule has 3 N–H and O–H groups in total. The Kier molecular flexibility index (Phi) is 22.0. The van der Waals surface area contributed by atoms with Gasteiger partial charge < -0.3 is 15.8 Å². The van der Waals surface area contributed by atoms with Crippen molar-refractivity contribution in [3.05, 3.63) is 0 Å². The average molecular weight is 410 g/mol. The molecule has 0 fully saturated rings. The highest BCUT2D eigenvalue weighted by Crippen LogP contribution is 2.13. The Morgan fingerprint density at radius 1 is 0.862 bits per heavy atom. The molecule has 0 aliphatic carbocycles. The van der Waals surface area contributed by atoms with Crippen LogP contribution >= 0.6 is 0 Å². The van der Waals surface area contributed by atoms with Crippen LogP contribution in [0, 0.1) is 17.2 Å². The number of nitrogens with two attached hydrogens (primary N) is 1. The van der Waals surface area contributed by atoms with Gasteiger partial charge in [0, 0.05) is 18.9 Å². The number of nitrogens with one attached hydrogen (secondary N) is 1. The van der Waals surface area contributed by atoms with Crippen LogP contribution in [0.3, 0.4) is 0 Å². The molecule has 29 heavy (non-hydrogen) atoms. The lowest BCUT2D eigenvalue weighted by molar-refractivity contribution is 0.128. The van der Waals surface area contributed by atoms with Crippen LogP contribution in [0.5, 0.6) is 0 Å². The summed E-state index contributed by atoms with van der Waals surface area (Å²) in [5, 5.41) is 11.4. The number of unbranched alkanes of at least 4 members (excludes halogenated alkanes) is 15. The number of nitriles is 1. The van der Waals surface area contributed by atoms with E-state index in [0.29, 0.717) is 19.5 Å². The van der Waals surface area contributed by atoms with Crippen molar-refractivity contribution in [2.24, 2.45) is 11.7 Å². The van der Waals surface area contributed by atoms with Gasteiger partial charge in [0.15, 0.2) is 0 Å². The van der Waals surface area contributed by atoms with Crippen molar-refractivity contribution in [3.8, 4) is 6.07 Å². The van der Waals surface area contributed by atoms with E-state index in [1.54, 1.807) is 0 Å². The Bertz CT molecular complexity index is 396. The van der Waals surface area contributed by atoms with Gasteiger partial charge in [0.2, 0.25) is 0 Å². The first-order chi connectivity index (χ1) is 14.2. The summed E-state index contributed by atoms with van der Waals surface area (Å²) in [4.78, 5) is 11.6. The summed E-state index contributed by atoms with van der Waals surface area (Å²) in [5.74, 6) is -0.0682. The van der Waals surface area contributed by atoms with E-state index < -0.39 is 6.09 Å². The van der Waals surface area contributed by atoms with Crippen molar-refractivity contribution in [3.63, 3.8) is 0 Å². The third kappa shape index (κ3) is 21.2. The average Bonchev–Trinajstić information content (AvgIpc) is 2.73. The highest BCUT2D eigenvalue weighted by molar-refractivity contribution is 5.67. The van der Waals surface area contributed by atoms with Crippen molar-refractivity contribution in [1.29, 1.82) is 5.26 Å². The van der Waals surface area contributed by atoms with E-state index >= 15 is 0 Å². The van der Waals surface area contributed by atoms with Crippen molar-refractivity contribution in [1.82, 2.24) is 5.32 Å². The first kappa shape index (κ1) is 27.7. The largest absolute Gasteiger partial charge is 0.449 e. The van der Waals surface area contributed by atoms with E-state index in [4.69, 9.17) is 15.7 Å². The maximum absolute atomic E-state index is 11.6. The second-order valence-electron chi connectivity index (χ2n) is 8.29. The van der Waals surface area contributed by atoms with Crippen LogP contribution in [-0.4, -0.2) is 25.8 Å². The van der Waals surface area contributed by atoms with Crippen LogP contribution in [-0.2, 0) is 4.74 Å². The lowest BCUT2D eigenvalue weighted by Gasteiger charge is -2.12. The van der Waals surface area contributed by atoms with Crippen LogP contribution in [0.15, 0.2) is 0 Å². The van der Waals surface area contributed by atoms with Crippen molar-refractivity contribution < 1.29 is 9.53 Å². The molecule has 0 saturated heterocycles. The van der Waals surface area contributed by atoms with Gasteiger partial charge >= 0.3 is 6.09 Å². The predicted octanol–water partition coefficient (Wildman–Crippen LogP) is 6.46. The van der Waals surface area contributed by atoms with Gasteiger partial charge in [-0.1, -0.05) is 103 Å². The van der Waals surface area contributed by atoms with Crippen LogP contribution in [0.4, 0.5) is 4.79 Å². The quantitative estimate of drug-likeness (QED) is 0.213. The van der Waals surface area contributed by atoms with Gasteiger partial charge in [-0.3, -0.25) is 0 Å². The van der Waals surface area contributed by atoms with Gasteiger partial charge in [-0.2, -0.15) is 5.26 Å². The van der Waals surface area contributed by atoms with E-state index in [9.17, 15) is 4.79 Å². The number of hydrogen-bond acceptors (Lipinski definition) is 4. The van der Waals surface area contributed by atoms with E-state index in [2.05, 4.69) is 18.3 Å². The molecular weight excluding hydrogens is 362 g/mol. The van der Waals surface area contributed by atoms with E-state index in [0.717, 1.165) is 12.8 Å². The van der Waals surface area contributed by atoms with Gasteiger partial charge in [0.1, 0.15) is 0 Å². The normalized spacial score (nSPS) is 11.8. The van der Waals surface area contributed by atoms with Crippen LogP contribution in [0.2, 0.25) is 0 Å². The molecule has 0 aliphatic rings. The number of alkyl carbamates (subject to hydrolysis) is 1. The molecule has 0 aromatic heterocycles. The number of nitrogens with zero attached hydrogens (tertiary/aromatic N) is 1. The Morgan fingerprint density at radius 2 is 1.31 bits per heavy atom. The van der Waals surface area contributed by atoms with Crippen molar-refractivity contribution >= 4 is 6.09 Å². The third-order valence-electron chi connectivity index (χ3n) is 5.46. The molecule has 0 bridgehead atoms. The molecule has 1 unspecified atom stereocenters. The summed E-state index contributed by atoms with van der Waals surface area (Å²) in [7, 11) is 0. The summed E-state index contributed by atoms with van der Waals surface area (Å²) >= 11 is 0. The Labute approximate surface area is 180 Å². The summed E-state index contributed by atoms with van der Waals surface area (Å²) in [6.45, 7) is 3.51. The maximum atomic E-state index is 11.6. The summed E-state index contributed by atoms with van der Waals surface area (Å²) < 4.78 is 5.10. The van der Waals surface area contributed by atoms with Crippen molar-refractivity contribution in [2.75, 3.05) is 19.7 Å². The van der Waals surface area contributed by atoms with Gasteiger partial charge in [0.25, 0.3) is 0 Å².